The summed E-state index contributed by atoms with van der Waals surface area (Å²) in [6, 6.07) is 9.54. The molecule has 0 aromatic heterocycles. The standard InChI is InChI=1S/C15H21NO3/c1-3-4-10-19-15(17)11-14(12(2)16-18)13-8-6-5-7-9-13/h5-9,14,18H,3-4,10-11H2,1-2H3/b16-12+. The van der Waals surface area contributed by atoms with Crippen molar-refractivity contribution in [3.05, 3.63) is 35.9 Å². The van der Waals surface area contributed by atoms with Crippen molar-refractivity contribution in [1.29, 1.82) is 0 Å². The number of oxime groups is 1. The Kier molecular flexibility index (Phi) is 6.64. The second kappa shape index (κ2) is 8.29. The van der Waals surface area contributed by atoms with Gasteiger partial charge in [0.25, 0.3) is 0 Å². The molecule has 0 bridgehead atoms. The lowest BCUT2D eigenvalue weighted by atomic mass is 9.92. The molecule has 19 heavy (non-hydrogen) atoms. The van der Waals surface area contributed by atoms with Crippen molar-refractivity contribution in [3.63, 3.8) is 0 Å². The highest BCUT2D eigenvalue weighted by Gasteiger charge is 2.20. The molecule has 0 saturated carbocycles. The van der Waals surface area contributed by atoms with E-state index in [0.29, 0.717) is 12.3 Å². The average Bonchev–Trinajstić information content (AvgIpc) is 2.45. The summed E-state index contributed by atoms with van der Waals surface area (Å²) in [5.74, 6) is -0.495. The van der Waals surface area contributed by atoms with Crippen LogP contribution in [0.4, 0.5) is 0 Å². The van der Waals surface area contributed by atoms with Crippen LogP contribution in [0.15, 0.2) is 35.5 Å². The normalized spacial score (nSPS) is 13.1. The van der Waals surface area contributed by atoms with Crippen LogP contribution < -0.4 is 0 Å². The molecule has 0 fully saturated rings. The Morgan fingerprint density at radius 3 is 2.63 bits per heavy atom. The molecule has 0 aliphatic rings. The summed E-state index contributed by atoms with van der Waals surface area (Å²) in [5, 5.41) is 12.2. The summed E-state index contributed by atoms with van der Waals surface area (Å²) < 4.78 is 5.15. The minimum absolute atomic E-state index is 0.198. The van der Waals surface area contributed by atoms with E-state index in [2.05, 4.69) is 5.16 Å². The lowest BCUT2D eigenvalue weighted by Crippen LogP contribution is -2.17. The molecule has 0 aliphatic carbocycles. The molecule has 4 nitrogen and oxygen atoms in total. The number of carbonyl (C=O) groups excluding carboxylic acids is 1. The van der Waals surface area contributed by atoms with E-state index >= 15 is 0 Å². The fraction of sp³-hybridized carbons (Fsp3) is 0.467. The third-order valence-electron chi connectivity index (χ3n) is 3.00. The molecule has 1 aromatic carbocycles. The van der Waals surface area contributed by atoms with Crippen molar-refractivity contribution in [2.75, 3.05) is 6.61 Å². The zero-order valence-electron chi connectivity index (χ0n) is 11.5. The molecule has 0 heterocycles. The predicted octanol–water partition coefficient (Wildman–Crippen LogP) is 3.35. The monoisotopic (exact) mass is 263 g/mol. The lowest BCUT2D eigenvalue weighted by Gasteiger charge is -2.15. The molecule has 104 valence electrons. The lowest BCUT2D eigenvalue weighted by molar-refractivity contribution is -0.143. The molecule has 1 atom stereocenters. The van der Waals surface area contributed by atoms with Gasteiger partial charge in [0.15, 0.2) is 0 Å². The van der Waals surface area contributed by atoms with Gasteiger partial charge in [-0.3, -0.25) is 4.79 Å². The van der Waals surface area contributed by atoms with E-state index in [9.17, 15) is 4.79 Å². The van der Waals surface area contributed by atoms with Gasteiger partial charge in [-0.05, 0) is 18.9 Å². The summed E-state index contributed by atoms with van der Waals surface area (Å²) in [5.41, 5.74) is 1.46. The number of nitrogens with zero attached hydrogens (tertiary/aromatic N) is 1. The Bertz CT molecular complexity index is 415. The second-order valence-electron chi connectivity index (χ2n) is 4.48. The van der Waals surface area contributed by atoms with Crippen LogP contribution in [0.3, 0.4) is 0 Å². The maximum absolute atomic E-state index is 11.8. The van der Waals surface area contributed by atoms with Crippen LogP contribution in [-0.4, -0.2) is 23.5 Å². The Morgan fingerprint density at radius 1 is 1.37 bits per heavy atom. The number of hydrogen-bond donors (Lipinski definition) is 1. The van der Waals surface area contributed by atoms with E-state index in [1.54, 1.807) is 6.92 Å². The molecular formula is C15H21NO3. The first kappa shape index (κ1) is 15.2. The fourth-order valence-corrected chi connectivity index (χ4v) is 1.82. The average molecular weight is 263 g/mol. The molecule has 1 N–H and O–H groups in total. The zero-order valence-corrected chi connectivity index (χ0v) is 11.5. The van der Waals surface area contributed by atoms with Crippen LogP contribution >= 0.6 is 0 Å². The van der Waals surface area contributed by atoms with Crippen LogP contribution in [-0.2, 0) is 9.53 Å². The Morgan fingerprint density at radius 2 is 2.05 bits per heavy atom. The maximum atomic E-state index is 11.8. The van der Waals surface area contributed by atoms with Crippen LogP contribution in [0.1, 0.15) is 44.6 Å². The number of ether oxygens (including phenoxy) is 1. The smallest absolute Gasteiger partial charge is 0.306 e. The van der Waals surface area contributed by atoms with Gasteiger partial charge < -0.3 is 9.94 Å². The minimum Gasteiger partial charge on any atom is -0.466 e. The number of hydrogen-bond acceptors (Lipinski definition) is 4. The van der Waals surface area contributed by atoms with Gasteiger partial charge in [0, 0.05) is 5.92 Å². The van der Waals surface area contributed by atoms with Gasteiger partial charge >= 0.3 is 5.97 Å². The third kappa shape index (κ3) is 5.12. The molecule has 0 radical (unpaired) electrons. The van der Waals surface area contributed by atoms with Crippen LogP contribution in [0.2, 0.25) is 0 Å². The first-order chi connectivity index (χ1) is 9.19. The molecular weight excluding hydrogens is 242 g/mol. The number of unbranched alkanes of at least 4 members (excludes halogenated alkanes) is 1. The number of benzene rings is 1. The van der Waals surface area contributed by atoms with E-state index in [4.69, 9.17) is 9.94 Å². The molecule has 0 amide bonds. The highest BCUT2D eigenvalue weighted by molar-refractivity contribution is 5.91. The maximum Gasteiger partial charge on any atom is 0.306 e. The van der Waals surface area contributed by atoms with Crippen molar-refractivity contribution in [3.8, 4) is 0 Å². The molecule has 4 heteroatoms. The van der Waals surface area contributed by atoms with Gasteiger partial charge in [0.2, 0.25) is 0 Å². The third-order valence-corrected chi connectivity index (χ3v) is 3.00. The van der Waals surface area contributed by atoms with Gasteiger partial charge in [-0.25, -0.2) is 0 Å². The van der Waals surface area contributed by atoms with Gasteiger partial charge in [-0.15, -0.1) is 0 Å². The summed E-state index contributed by atoms with van der Waals surface area (Å²) in [7, 11) is 0. The molecule has 0 saturated heterocycles. The first-order valence-corrected chi connectivity index (χ1v) is 6.58. The SMILES string of the molecule is CCCCOC(=O)CC(/C(C)=N/O)c1ccccc1. The van der Waals surface area contributed by atoms with E-state index in [1.165, 1.54) is 0 Å². The topological polar surface area (TPSA) is 58.9 Å². The largest absolute Gasteiger partial charge is 0.466 e. The minimum atomic E-state index is -0.259. The quantitative estimate of drug-likeness (QED) is 0.270. The summed E-state index contributed by atoms with van der Waals surface area (Å²) in [4.78, 5) is 11.8. The van der Waals surface area contributed by atoms with Crippen molar-refractivity contribution in [2.45, 2.75) is 39.0 Å². The van der Waals surface area contributed by atoms with Gasteiger partial charge in [0.05, 0.1) is 18.7 Å². The molecule has 1 aromatic rings. The predicted molar refractivity (Wildman–Crippen MR) is 74.6 cm³/mol. The van der Waals surface area contributed by atoms with Crippen molar-refractivity contribution in [2.24, 2.45) is 5.16 Å². The Labute approximate surface area is 114 Å². The van der Waals surface area contributed by atoms with Gasteiger partial charge in [-0.2, -0.15) is 0 Å². The van der Waals surface area contributed by atoms with Gasteiger partial charge in [0.1, 0.15) is 0 Å². The van der Waals surface area contributed by atoms with Crippen molar-refractivity contribution in [1.82, 2.24) is 0 Å². The van der Waals surface area contributed by atoms with E-state index in [-0.39, 0.29) is 18.3 Å². The molecule has 0 spiro atoms. The fourth-order valence-electron chi connectivity index (χ4n) is 1.82. The zero-order chi connectivity index (χ0) is 14.1. The Balaban J connectivity index is 2.69. The van der Waals surface area contributed by atoms with E-state index < -0.39 is 0 Å². The number of esters is 1. The second-order valence-corrected chi connectivity index (χ2v) is 4.48. The number of carbonyl (C=O) groups is 1. The van der Waals surface area contributed by atoms with Gasteiger partial charge in [-0.1, -0.05) is 48.8 Å². The van der Waals surface area contributed by atoms with Crippen molar-refractivity contribution >= 4 is 11.7 Å². The highest BCUT2D eigenvalue weighted by atomic mass is 16.5. The van der Waals surface area contributed by atoms with Crippen LogP contribution in [0, 0.1) is 0 Å². The summed E-state index contributed by atoms with van der Waals surface area (Å²) in [6.07, 6.45) is 2.06. The Hall–Kier alpha value is -1.84. The van der Waals surface area contributed by atoms with E-state index in [1.807, 2.05) is 37.3 Å². The van der Waals surface area contributed by atoms with Crippen molar-refractivity contribution < 1.29 is 14.7 Å². The molecule has 0 aliphatic heterocycles. The van der Waals surface area contributed by atoms with Crippen LogP contribution in [0.25, 0.3) is 0 Å². The first-order valence-electron chi connectivity index (χ1n) is 6.58. The number of rotatable bonds is 7. The summed E-state index contributed by atoms with van der Waals surface area (Å²) in [6.45, 7) is 4.20. The molecule has 1 rings (SSSR count). The molecule has 1 unspecified atom stereocenters. The van der Waals surface area contributed by atoms with Crippen LogP contribution in [0.5, 0.6) is 0 Å². The highest BCUT2D eigenvalue weighted by Crippen LogP contribution is 2.22. The summed E-state index contributed by atoms with van der Waals surface area (Å²) >= 11 is 0. The van der Waals surface area contributed by atoms with E-state index in [0.717, 1.165) is 18.4 Å².